The summed E-state index contributed by atoms with van der Waals surface area (Å²) in [5, 5.41) is 3.04. The second kappa shape index (κ2) is 7.67. The Morgan fingerprint density at radius 1 is 0.889 bits per heavy atom. The molecule has 0 aliphatic heterocycles. The van der Waals surface area contributed by atoms with Gasteiger partial charge in [0, 0.05) is 16.8 Å². The van der Waals surface area contributed by atoms with Gasteiger partial charge < -0.3 is 10.1 Å². The molecule has 138 valence electrons. The summed E-state index contributed by atoms with van der Waals surface area (Å²) >= 11 is 0. The molecule has 0 heterocycles. The number of anilines is 1. The fourth-order valence-corrected chi connectivity index (χ4v) is 2.96. The maximum atomic E-state index is 12.6. The van der Waals surface area contributed by atoms with Crippen molar-refractivity contribution in [2.75, 3.05) is 12.4 Å². The molecule has 0 fully saturated rings. The first kappa shape index (κ1) is 18.7. The third-order valence-electron chi connectivity index (χ3n) is 4.51. The maximum absolute atomic E-state index is 12.6. The van der Waals surface area contributed by atoms with Crippen molar-refractivity contribution in [3.05, 3.63) is 83.9 Å². The molecule has 0 saturated heterocycles. The van der Waals surface area contributed by atoms with Gasteiger partial charge in [-0.05, 0) is 46.9 Å². The van der Waals surface area contributed by atoms with Gasteiger partial charge in [-0.3, -0.25) is 4.79 Å². The molecule has 0 bridgehead atoms. The Morgan fingerprint density at radius 2 is 1.56 bits per heavy atom. The molecule has 3 heteroatoms. The van der Waals surface area contributed by atoms with Crippen LogP contribution in [-0.4, -0.2) is 13.0 Å². The van der Waals surface area contributed by atoms with Crippen LogP contribution in [0.4, 0.5) is 5.69 Å². The molecule has 0 aliphatic rings. The normalized spacial score (nSPS) is 11.1. The van der Waals surface area contributed by atoms with Crippen LogP contribution in [0, 0.1) is 0 Å². The van der Waals surface area contributed by atoms with Crippen molar-refractivity contribution in [2.45, 2.75) is 26.2 Å². The van der Waals surface area contributed by atoms with E-state index in [0.717, 1.165) is 28.1 Å². The summed E-state index contributed by atoms with van der Waals surface area (Å²) in [7, 11) is 1.67. The third-order valence-corrected chi connectivity index (χ3v) is 4.51. The van der Waals surface area contributed by atoms with E-state index in [4.69, 9.17) is 4.74 Å². The highest BCUT2D eigenvalue weighted by Gasteiger charge is 2.18. The van der Waals surface area contributed by atoms with Crippen LogP contribution in [0.5, 0.6) is 5.75 Å². The first-order chi connectivity index (χ1) is 12.9. The zero-order valence-corrected chi connectivity index (χ0v) is 16.2. The number of carbonyl (C=O) groups excluding carboxylic acids is 1. The number of ether oxygens (including phenoxy) is 1. The first-order valence-electron chi connectivity index (χ1n) is 9.04. The van der Waals surface area contributed by atoms with Crippen molar-refractivity contribution >= 4 is 11.6 Å². The second-order valence-electron chi connectivity index (χ2n) is 7.57. The molecule has 3 aromatic rings. The fourth-order valence-electron chi connectivity index (χ4n) is 2.96. The minimum Gasteiger partial charge on any atom is -0.496 e. The van der Waals surface area contributed by atoms with E-state index in [9.17, 15) is 4.79 Å². The van der Waals surface area contributed by atoms with Gasteiger partial charge in [0.05, 0.1) is 7.11 Å². The van der Waals surface area contributed by atoms with Crippen LogP contribution in [0.25, 0.3) is 11.1 Å². The van der Waals surface area contributed by atoms with E-state index in [1.165, 1.54) is 0 Å². The predicted octanol–water partition coefficient (Wildman–Crippen LogP) is 5.91. The van der Waals surface area contributed by atoms with Gasteiger partial charge in [-0.25, -0.2) is 0 Å². The van der Waals surface area contributed by atoms with Crippen molar-refractivity contribution in [3.63, 3.8) is 0 Å². The quantitative estimate of drug-likeness (QED) is 0.628. The smallest absolute Gasteiger partial charge is 0.255 e. The average Bonchev–Trinajstić information content (AvgIpc) is 2.67. The number of amides is 1. The van der Waals surface area contributed by atoms with E-state index in [2.05, 4.69) is 32.2 Å². The molecule has 0 aliphatic carbocycles. The molecular weight excluding hydrogens is 334 g/mol. The minimum atomic E-state index is -0.118. The highest BCUT2D eigenvalue weighted by atomic mass is 16.5. The lowest BCUT2D eigenvalue weighted by atomic mass is 9.85. The maximum Gasteiger partial charge on any atom is 0.255 e. The number of benzene rings is 3. The molecule has 0 radical (unpaired) electrons. The van der Waals surface area contributed by atoms with E-state index in [1.54, 1.807) is 7.11 Å². The van der Waals surface area contributed by atoms with Crippen molar-refractivity contribution in [3.8, 4) is 16.9 Å². The van der Waals surface area contributed by atoms with Crippen LogP contribution in [0.15, 0.2) is 72.8 Å². The van der Waals surface area contributed by atoms with E-state index < -0.39 is 0 Å². The van der Waals surface area contributed by atoms with Crippen molar-refractivity contribution < 1.29 is 9.53 Å². The molecule has 0 aromatic heterocycles. The number of hydrogen-bond donors (Lipinski definition) is 1. The van der Waals surface area contributed by atoms with E-state index in [-0.39, 0.29) is 11.3 Å². The lowest BCUT2D eigenvalue weighted by Crippen LogP contribution is -2.15. The molecule has 0 atom stereocenters. The highest BCUT2D eigenvalue weighted by Crippen LogP contribution is 2.35. The Kier molecular flexibility index (Phi) is 5.31. The molecule has 1 N–H and O–H groups in total. The zero-order valence-electron chi connectivity index (χ0n) is 16.2. The number of para-hydroxylation sites is 1. The molecule has 0 spiro atoms. The molecule has 3 aromatic carbocycles. The predicted molar refractivity (Wildman–Crippen MR) is 112 cm³/mol. The van der Waals surface area contributed by atoms with Crippen LogP contribution in [0.3, 0.4) is 0 Å². The van der Waals surface area contributed by atoms with Gasteiger partial charge in [0.1, 0.15) is 5.75 Å². The molecule has 27 heavy (non-hydrogen) atoms. The second-order valence-corrected chi connectivity index (χ2v) is 7.57. The summed E-state index contributed by atoms with van der Waals surface area (Å²) in [4.78, 5) is 12.6. The van der Waals surface area contributed by atoms with E-state index in [1.807, 2.05) is 66.7 Å². The summed E-state index contributed by atoms with van der Waals surface area (Å²) in [6, 6.07) is 23.4. The Hall–Kier alpha value is -3.07. The number of nitrogens with one attached hydrogen (secondary N) is 1. The summed E-state index contributed by atoms with van der Waals surface area (Å²) in [6.07, 6.45) is 0. The van der Waals surface area contributed by atoms with Gasteiger partial charge in [0.15, 0.2) is 0 Å². The Balaban J connectivity index is 2.05. The monoisotopic (exact) mass is 359 g/mol. The van der Waals surface area contributed by atoms with Crippen molar-refractivity contribution in [2.24, 2.45) is 0 Å². The molecule has 0 saturated carbocycles. The van der Waals surface area contributed by atoms with Gasteiger partial charge in [-0.2, -0.15) is 0 Å². The largest absolute Gasteiger partial charge is 0.496 e. The average molecular weight is 359 g/mol. The molecule has 0 unspecified atom stereocenters. The molecule has 3 nitrogen and oxygen atoms in total. The van der Waals surface area contributed by atoms with Gasteiger partial charge in [0.25, 0.3) is 5.91 Å². The number of rotatable bonds is 4. The molecular formula is C24H25NO2. The SMILES string of the molecule is COc1ccccc1-c1cc(NC(=O)c2ccccc2)cc(C(C)(C)C)c1. The number of carbonyl (C=O) groups is 1. The Bertz CT molecular complexity index is 940. The van der Waals surface area contributed by atoms with Gasteiger partial charge in [-0.15, -0.1) is 0 Å². The van der Waals surface area contributed by atoms with Crippen LogP contribution in [0.1, 0.15) is 36.7 Å². The Morgan fingerprint density at radius 3 is 2.22 bits per heavy atom. The first-order valence-corrected chi connectivity index (χ1v) is 9.04. The van der Waals surface area contributed by atoms with Crippen LogP contribution < -0.4 is 10.1 Å². The van der Waals surface area contributed by atoms with Gasteiger partial charge >= 0.3 is 0 Å². The molecule has 1 amide bonds. The summed E-state index contributed by atoms with van der Waals surface area (Å²) in [6.45, 7) is 6.49. The topological polar surface area (TPSA) is 38.3 Å². The zero-order chi connectivity index (χ0) is 19.4. The number of methoxy groups -OCH3 is 1. The summed E-state index contributed by atoms with van der Waals surface area (Å²) in [5.41, 5.74) is 4.53. The number of hydrogen-bond acceptors (Lipinski definition) is 2. The lowest BCUT2D eigenvalue weighted by Gasteiger charge is -2.22. The van der Waals surface area contributed by atoms with Crippen LogP contribution in [0.2, 0.25) is 0 Å². The standard InChI is InChI=1S/C24H25NO2/c1-24(2,3)19-14-18(21-12-8-9-13-22(21)27-4)15-20(16-19)25-23(26)17-10-6-5-7-11-17/h5-16H,1-4H3,(H,25,26). The Labute approximate surface area is 161 Å². The fraction of sp³-hybridized carbons (Fsp3) is 0.208. The summed E-state index contributed by atoms with van der Waals surface area (Å²) in [5.74, 6) is 0.691. The van der Waals surface area contributed by atoms with Crippen LogP contribution in [-0.2, 0) is 5.41 Å². The van der Waals surface area contributed by atoms with E-state index in [0.29, 0.717) is 5.56 Å². The van der Waals surface area contributed by atoms with Gasteiger partial charge in [-0.1, -0.05) is 63.2 Å². The van der Waals surface area contributed by atoms with Crippen molar-refractivity contribution in [1.29, 1.82) is 0 Å². The summed E-state index contributed by atoms with van der Waals surface area (Å²) < 4.78 is 5.53. The van der Waals surface area contributed by atoms with Gasteiger partial charge in [0.2, 0.25) is 0 Å². The minimum absolute atomic E-state index is 0.0513. The molecule has 3 rings (SSSR count). The lowest BCUT2D eigenvalue weighted by molar-refractivity contribution is 0.102. The van der Waals surface area contributed by atoms with Crippen LogP contribution >= 0.6 is 0 Å². The highest BCUT2D eigenvalue weighted by molar-refractivity contribution is 6.04. The van der Waals surface area contributed by atoms with E-state index >= 15 is 0 Å². The van der Waals surface area contributed by atoms with Crippen molar-refractivity contribution in [1.82, 2.24) is 0 Å². The third kappa shape index (κ3) is 4.37.